The lowest BCUT2D eigenvalue weighted by molar-refractivity contribution is -0.145. The van der Waals surface area contributed by atoms with E-state index in [-0.39, 0.29) is 17.3 Å². The number of benzene rings is 2. The normalized spacial score (nSPS) is 14.8. The third-order valence-corrected chi connectivity index (χ3v) is 5.78. The Morgan fingerprint density at radius 1 is 1.16 bits per heavy atom. The predicted molar refractivity (Wildman–Crippen MR) is 120 cm³/mol. The second-order valence-electron chi connectivity index (χ2n) is 6.16. The minimum Gasteiger partial charge on any atom is -0.465 e. The van der Waals surface area contributed by atoms with Gasteiger partial charge in [0.05, 0.1) is 21.5 Å². The van der Waals surface area contributed by atoms with E-state index in [4.69, 9.17) is 21.1 Å². The highest BCUT2D eigenvalue weighted by atomic mass is 79.9. The van der Waals surface area contributed by atoms with E-state index >= 15 is 0 Å². The number of imide groups is 1. The van der Waals surface area contributed by atoms with Crippen LogP contribution in [0.2, 0.25) is 5.02 Å². The van der Waals surface area contributed by atoms with Crippen LogP contribution in [0, 0.1) is 0 Å². The number of ether oxygens (including phenoxy) is 2. The molecular formula is C21H15BrClNO6S. The molecule has 2 aromatic rings. The van der Waals surface area contributed by atoms with E-state index in [2.05, 4.69) is 15.9 Å². The fourth-order valence-electron chi connectivity index (χ4n) is 2.56. The van der Waals surface area contributed by atoms with Gasteiger partial charge in [-0.25, -0.2) is 4.79 Å². The maximum absolute atomic E-state index is 12.5. The van der Waals surface area contributed by atoms with Gasteiger partial charge in [-0.2, -0.15) is 0 Å². The van der Waals surface area contributed by atoms with Gasteiger partial charge >= 0.3 is 11.9 Å². The van der Waals surface area contributed by atoms with Gasteiger partial charge < -0.3 is 9.47 Å². The summed E-state index contributed by atoms with van der Waals surface area (Å²) in [4.78, 5) is 49.4. The zero-order valence-corrected chi connectivity index (χ0v) is 19.3. The molecule has 1 saturated heterocycles. The second kappa shape index (κ2) is 10.1. The Labute approximate surface area is 195 Å². The SMILES string of the molecule is CCOC(=O)CN1C(=O)S/C(=C\c2ccc(OC(=O)c3ccc(Cl)cc3)c(Br)c2)C1=O. The molecule has 3 rings (SSSR count). The maximum atomic E-state index is 12.5. The first-order chi connectivity index (χ1) is 14.8. The smallest absolute Gasteiger partial charge is 0.343 e. The standard InChI is InChI=1S/C21H15BrClNO6S/c1-2-29-18(25)11-24-19(26)17(31-21(24)28)10-12-3-8-16(15(22)9-12)30-20(27)13-4-6-14(23)7-5-13/h3-10H,2,11H2,1H3/b17-10-. The topological polar surface area (TPSA) is 90.0 Å². The first kappa shape index (κ1) is 23.1. The van der Waals surface area contributed by atoms with Crippen molar-refractivity contribution >= 4 is 68.5 Å². The average Bonchev–Trinajstić information content (AvgIpc) is 2.98. The molecule has 0 aliphatic carbocycles. The van der Waals surface area contributed by atoms with Gasteiger partial charge in [0.15, 0.2) is 0 Å². The first-order valence-corrected chi connectivity index (χ1v) is 11.0. The van der Waals surface area contributed by atoms with E-state index in [0.717, 1.165) is 16.7 Å². The Morgan fingerprint density at radius 2 is 1.87 bits per heavy atom. The summed E-state index contributed by atoms with van der Waals surface area (Å²) in [6.07, 6.45) is 1.52. The monoisotopic (exact) mass is 523 g/mol. The summed E-state index contributed by atoms with van der Waals surface area (Å²) in [6, 6.07) is 11.1. The van der Waals surface area contributed by atoms with Crippen LogP contribution in [-0.2, 0) is 14.3 Å². The van der Waals surface area contributed by atoms with Crippen molar-refractivity contribution in [2.45, 2.75) is 6.92 Å². The number of hydrogen-bond donors (Lipinski definition) is 0. The van der Waals surface area contributed by atoms with Crippen molar-refractivity contribution in [3.63, 3.8) is 0 Å². The third-order valence-electron chi connectivity index (χ3n) is 4.00. The molecule has 0 radical (unpaired) electrons. The number of esters is 2. The van der Waals surface area contributed by atoms with Crippen LogP contribution in [0.15, 0.2) is 51.8 Å². The number of carbonyl (C=O) groups is 4. The largest absolute Gasteiger partial charge is 0.465 e. The van der Waals surface area contributed by atoms with Gasteiger partial charge in [0.1, 0.15) is 12.3 Å². The summed E-state index contributed by atoms with van der Waals surface area (Å²) in [5.41, 5.74) is 0.940. The number of halogens is 2. The van der Waals surface area contributed by atoms with Crippen LogP contribution in [0.1, 0.15) is 22.8 Å². The molecular weight excluding hydrogens is 510 g/mol. The number of thioether (sulfide) groups is 1. The highest BCUT2D eigenvalue weighted by molar-refractivity contribution is 9.10. The lowest BCUT2D eigenvalue weighted by Crippen LogP contribution is -2.34. The summed E-state index contributed by atoms with van der Waals surface area (Å²) in [6.45, 7) is 1.37. The minimum absolute atomic E-state index is 0.161. The van der Waals surface area contributed by atoms with Crippen LogP contribution in [0.4, 0.5) is 4.79 Å². The van der Waals surface area contributed by atoms with Gasteiger partial charge in [-0.3, -0.25) is 19.3 Å². The maximum Gasteiger partial charge on any atom is 0.343 e. The molecule has 0 bridgehead atoms. The number of carbonyl (C=O) groups excluding carboxylic acids is 4. The fourth-order valence-corrected chi connectivity index (χ4v) is 4.00. The van der Waals surface area contributed by atoms with Crippen LogP contribution in [0.25, 0.3) is 6.08 Å². The van der Waals surface area contributed by atoms with Crippen molar-refractivity contribution in [1.82, 2.24) is 4.90 Å². The summed E-state index contributed by atoms with van der Waals surface area (Å²) in [5.74, 6) is -1.49. The van der Waals surface area contributed by atoms with E-state index in [1.54, 1.807) is 49.4 Å². The Bertz CT molecular complexity index is 1090. The van der Waals surface area contributed by atoms with Crippen molar-refractivity contribution in [2.75, 3.05) is 13.2 Å². The van der Waals surface area contributed by atoms with E-state index in [0.29, 0.717) is 20.6 Å². The second-order valence-corrected chi connectivity index (χ2v) is 8.44. The summed E-state index contributed by atoms with van der Waals surface area (Å²) < 4.78 is 10.6. The third kappa shape index (κ3) is 5.75. The van der Waals surface area contributed by atoms with Gasteiger partial charge in [-0.15, -0.1) is 0 Å². The Balaban J connectivity index is 1.72. The molecule has 10 heteroatoms. The zero-order valence-electron chi connectivity index (χ0n) is 16.1. The van der Waals surface area contributed by atoms with Crippen LogP contribution in [0.5, 0.6) is 5.75 Å². The molecule has 7 nitrogen and oxygen atoms in total. The lowest BCUT2D eigenvalue weighted by Gasteiger charge is -2.10. The van der Waals surface area contributed by atoms with Crippen molar-refractivity contribution in [2.24, 2.45) is 0 Å². The number of rotatable bonds is 6. The Hall–Kier alpha value is -2.62. The molecule has 0 saturated carbocycles. The van der Waals surface area contributed by atoms with Crippen molar-refractivity contribution in [3.05, 3.63) is 68.0 Å². The highest BCUT2D eigenvalue weighted by Gasteiger charge is 2.36. The molecule has 1 heterocycles. The Kier molecular flexibility index (Phi) is 7.53. The molecule has 1 aliphatic heterocycles. The molecule has 2 aromatic carbocycles. The lowest BCUT2D eigenvalue weighted by atomic mass is 10.2. The van der Waals surface area contributed by atoms with Crippen LogP contribution < -0.4 is 4.74 Å². The molecule has 0 spiro atoms. The van der Waals surface area contributed by atoms with Gasteiger partial charge in [0.2, 0.25) is 0 Å². The fraction of sp³-hybridized carbons (Fsp3) is 0.143. The van der Waals surface area contributed by atoms with Crippen LogP contribution >= 0.6 is 39.3 Å². The highest BCUT2D eigenvalue weighted by Crippen LogP contribution is 2.34. The van der Waals surface area contributed by atoms with Crippen molar-refractivity contribution in [1.29, 1.82) is 0 Å². The molecule has 0 unspecified atom stereocenters. The van der Waals surface area contributed by atoms with Crippen molar-refractivity contribution in [3.8, 4) is 5.75 Å². The molecule has 0 aromatic heterocycles. The van der Waals surface area contributed by atoms with E-state index in [1.807, 2.05) is 0 Å². The van der Waals surface area contributed by atoms with Gasteiger partial charge in [-0.1, -0.05) is 17.7 Å². The molecule has 0 N–H and O–H groups in total. The number of amides is 2. The average molecular weight is 525 g/mol. The predicted octanol–water partition coefficient (Wildman–Crippen LogP) is 4.92. The Morgan fingerprint density at radius 3 is 2.52 bits per heavy atom. The zero-order chi connectivity index (χ0) is 22.5. The molecule has 160 valence electrons. The molecule has 1 fully saturated rings. The quantitative estimate of drug-likeness (QED) is 0.301. The molecule has 1 aliphatic rings. The summed E-state index contributed by atoms with van der Waals surface area (Å²) >= 11 is 9.89. The first-order valence-electron chi connectivity index (χ1n) is 8.96. The van der Waals surface area contributed by atoms with E-state index in [1.165, 1.54) is 6.08 Å². The molecule has 0 atom stereocenters. The van der Waals surface area contributed by atoms with Gasteiger partial charge in [-0.05, 0) is 82.7 Å². The molecule has 2 amide bonds. The van der Waals surface area contributed by atoms with E-state index in [9.17, 15) is 19.2 Å². The number of hydrogen-bond acceptors (Lipinski definition) is 7. The van der Waals surface area contributed by atoms with Crippen molar-refractivity contribution < 1.29 is 28.7 Å². The van der Waals surface area contributed by atoms with Crippen LogP contribution in [0.3, 0.4) is 0 Å². The summed E-state index contributed by atoms with van der Waals surface area (Å²) in [5, 5.41) is -0.0364. The van der Waals surface area contributed by atoms with Gasteiger partial charge in [0.25, 0.3) is 11.1 Å². The molecule has 31 heavy (non-hydrogen) atoms. The van der Waals surface area contributed by atoms with Gasteiger partial charge in [0, 0.05) is 5.02 Å². The van der Waals surface area contributed by atoms with E-state index < -0.39 is 29.6 Å². The number of nitrogens with zero attached hydrogens (tertiary/aromatic N) is 1. The van der Waals surface area contributed by atoms with Crippen LogP contribution in [-0.4, -0.2) is 41.1 Å². The minimum atomic E-state index is -0.652. The summed E-state index contributed by atoms with van der Waals surface area (Å²) in [7, 11) is 0.